The SMILES string of the molecule is CC(NC(=O)Nc1cc2[nH]nc(N)c2cn1)c1cccc(Cl)c1. The number of amides is 2. The Balaban J connectivity index is 1.68. The van der Waals surface area contributed by atoms with Crippen LogP contribution in [-0.2, 0) is 0 Å². The fraction of sp³-hybridized carbons (Fsp3) is 0.133. The molecule has 1 atom stereocenters. The molecule has 5 N–H and O–H groups in total. The van der Waals surface area contributed by atoms with Crippen LogP contribution in [0.3, 0.4) is 0 Å². The number of fused-ring (bicyclic) bond motifs is 1. The fourth-order valence-electron chi connectivity index (χ4n) is 2.21. The van der Waals surface area contributed by atoms with Crippen LogP contribution in [0.25, 0.3) is 10.9 Å². The summed E-state index contributed by atoms with van der Waals surface area (Å²) < 4.78 is 0. The Labute approximate surface area is 137 Å². The third-order valence-corrected chi connectivity index (χ3v) is 3.65. The first-order valence-corrected chi connectivity index (χ1v) is 7.33. The average molecular weight is 331 g/mol. The lowest BCUT2D eigenvalue weighted by Crippen LogP contribution is -2.31. The van der Waals surface area contributed by atoms with Crippen molar-refractivity contribution in [1.82, 2.24) is 20.5 Å². The molecular weight excluding hydrogens is 316 g/mol. The molecular formula is C15H15ClN6O. The number of hydrogen-bond acceptors (Lipinski definition) is 4. The van der Waals surface area contributed by atoms with Crippen molar-refractivity contribution >= 4 is 40.2 Å². The van der Waals surface area contributed by atoms with Gasteiger partial charge in [0.05, 0.1) is 16.9 Å². The average Bonchev–Trinajstić information content (AvgIpc) is 2.88. The number of nitrogens with two attached hydrogens (primary N) is 1. The van der Waals surface area contributed by atoms with Gasteiger partial charge in [0.15, 0.2) is 5.82 Å². The first-order chi connectivity index (χ1) is 11.0. The highest BCUT2D eigenvalue weighted by Gasteiger charge is 2.11. The smallest absolute Gasteiger partial charge is 0.320 e. The molecule has 0 aliphatic heterocycles. The summed E-state index contributed by atoms with van der Waals surface area (Å²) in [5, 5.41) is 13.5. The largest absolute Gasteiger partial charge is 0.382 e. The number of H-pyrrole nitrogens is 1. The Morgan fingerprint density at radius 1 is 1.39 bits per heavy atom. The lowest BCUT2D eigenvalue weighted by molar-refractivity contribution is 0.249. The summed E-state index contributed by atoms with van der Waals surface area (Å²) in [7, 11) is 0. The summed E-state index contributed by atoms with van der Waals surface area (Å²) in [4.78, 5) is 16.2. The Hall–Kier alpha value is -2.80. The molecule has 1 unspecified atom stereocenters. The van der Waals surface area contributed by atoms with Crippen LogP contribution in [0.4, 0.5) is 16.4 Å². The number of nitrogens with zero attached hydrogens (tertiary/aromatic N) is 2. The molecule has 1 aromatic carbocycles. The van der Waals surface area contributed by atoms with Crippen molar-refractivity contribution in [3.63, 3.8) is 0 Å². The van der Waals surface area contributed by atoms with Crippen molar-refractivity contribution in [2.75, 3.05) is 11.1 Å². The lowest BCUT2D eigenvalue weighted by Gasteiger charge is -2.15. The molecule has 23 heavy (non-hydrogen) atoms. The summed E-state index contributed by atoms with van der Waals surface area (Å²) in [6.45, 7) is 1.87. The van der Waals surface area contributed by atoms with Crippen LogP contribution < -0.4 is 16.4 Å². The van der Waals surface area contributed by atoms with E-state index in [1.54, 1.807) is 18.3 Å². The predicted molar refractivity (Wildman–Crippen MR) is 90.3 cm³/mol. The van der Waals surface area contributed by atoms with Crippen molar-refractivity contribution < 1.29 is 4.79 Å². The van der Waals surface area contributed by atoms with Gasteiger partial charge in [-0.3, -0.25) is 10.4 Å². The number of benzene rings is 1. The Kier molecular flexibility index (Phi) is 4.03. The molecule has 2 aromatic heterocycles. The number of urea groups is 1. The number of pyridine rings is 1. The van der Waals surface area contributed by atoms with E-state index in [2.05, 4.69) is 25.8 Å². The van der Waals surface area contributed by atoms with E-state index >= 15 is 0 Å². The maximum atomic E-state index is 12.1. The number of carbonyl (C=O) groups excluding carboxylic acids is 1. The van der Waals surface area contributed by atoms with Gasteiger partial charge < -0.3 is 11.1 Å². The molecule has 0 bridgehead atoms. The number of hydrogen-bond donors (Lipinski definition) is 4. The van der Waals surface area contributed by atoms with Gasteiger partial charge in [-0.1, -0.05) is 23.7 Å². The Morgan fingerprint density at radius 3 is 3.00 bits per heavy atom. The summed E-state index contributed by atoms with van der Waals surface area (Å²) in [5.74, 6) is 0.773. The molecule has 0 spiro atoms. The molecule has 7 nitrogen and oxygen atoms in total. The molecule has 118 valence electrons. The number of halogens is 1. The van der Waals surface area contributed by atoms with E-state index in [4.69, 9.17) is 17.3 Å². The first kappa shape index (κ1) is 15.1. The highest BCUT2D eigenvalue weighted by atomic mass is 35.5. The maximum Gasteiger partial charge on any atom is 0.320 e. The highest BCUT2D eigenvalue weighted by molar-refractivity contribution is 6.30. The summed E-state index contributed by atoms with van der Waals surface area (Å²) >= 11 is 5.95. The summed E-state index contributed by atoms with van der Waals surface area (Å²) in [5.41, 5.74) is 7.30. The maximum absolute atomic E-state index is 12.1. The van der Waals surface area contributed by atoms with Crippen LogP contribution in [0.5, 0.6) is 0 Å². The molecule has 2 amide bonds. The lowest BCUT2D eigenvalue weighted by atomic mass is 10.1. The van der Waals surface area contributed by atoms with Gasteiger partial charge in [0.25, 0.3) is 0 Å². The highest BCUT2D eigenvalue weighted by Crippen LogP contribution is 2.20. The second-order valence-corrected chi connectivity index (χ2v) is 5.54. The number of rotatable bonds is 3. The third-order valence-electron chi connectivity index (χ3n) is 3.41. The standard InChI is InChI=1S/C15H15ClN6O/c1-8(9-3-2-4-10(16)5-9)19-15(23)20-13-6-12-11(7-18-13)14(17)22-21-12/h2-8H,1H3,(H3,17,21,22)(H2,18,19,20,23). The van der Waals surface area contributed by atoms with Crippen LogP contribution >= 0.6 is 11.6 Å². The van der Waals surface area contributed by atoms with E-state index in [1.165, 1.54) is 0 Å². The quantitative estimate of drug-likeness (QED) is 0.591. The van der Waals surface area contributed by atoms with Crippen molar-refractivity contribution in [2.24, 2.45) is 0 Å². The third kappa shape index (κ3) is 3.35. The topological polar surface area (TPSA) is 109 Å². The number of carbonyl (C=O) groups is 1. The monoisotopic (exact) mass is 330 g/mol. The Bertz CT molecular complexity index is 862. The first-order valence-electron chi connectivity index (χ1n) is 6.95. The molecule has 2 heterocycles. The molecule has 0 saturated heterocycles. The van der Waals surface area contributed by atoms with Gasteiger partial charge in [-0.25, -0.2) is 9.78 Å². The van der Waals surface area contributed by atoms with Crippen LogP contribution in [0.1, 0.15) is 18.5 Å². The minimum Gasteiger partial charge on any atom is -0.382 e. The van der Waals surface area contributed by atoms with Gasteiger partial charge in [-0.05, 0) is 24.6 Å². The van der Waals surface area contributed by atoms with Gasteiger partial charge in [0.1, 0.15) is 5.82 Å². The van der Waals surface area contributed by atoms with Gasteiger partial charge in [0.2, 0.25) is 0 Å². The minimum absolute atomic E-state index is 0.194. The molecule has 0 radical (unpaired) electrons. The van der Waals surface area contributed by atoms with E-state index in [9.17, 15) is 4.79 Å². The van der Waals surface area contributed by atoms with Crippen LogP contribution in [0.15, 0.2) is 36.5 Å². The molecule has 0 fully saturated rings. The second kappa shape index (κ2) is 6.13. The molecule has 8 heteroatoms. The predicted octanol–water partition coefficient (Wildman–Crippen LogP) is 3.08. The number of nitrogens with one attached hydrogen (secondary N) is 3. The van der Waals surface area contributed by atoms with E-state index in [0.717, 1.165) is 5.56 Å². The van der Waals surface area contributed by atoms with E-state index in [-0.39, 0.29) is 12.1 Å². The molecule has 0 aliphatic rings. The van der Waals surface area contributed by atoms with Crippen molar-refractivity contribution in [2.45, 2.75) is 13.0 Å². The van der Waals surface area contributed by atoms with Crippen molar-refractivity contribution in [3.05, 3.63) is 47.1 Å². The normalized spacial score (nSPS) is 12.1. The molecule has 0 saturated carbocycles. The number of anilines is 2. The van der Waals surface area contributed by atoms with Gasteiger partial charge >= 0.3 is 6.03 Å². The summed E-state index contributed by atoms with van der Waals surface area (Å²) in [6.07, 6.45) is 1.56. The fourth-order valence-corrected chi connectivity index (χ4v) is 2.41. The van der Waals surface area contributed by atoms with Gasteiger partial charge in [-0.2, -0.15) is 5.10 Å². The second-order valence-electron chi connectivity index (χ2n) is 5.10. The zero-order valence-corrected chi connectivity index (χ0v) is 13.1. The molecule has 3 aromatic rings. The van der Waals surface area contributed by atoms with Crippen molar-refractivity contribution in [3.8, 4) is 0 Å². The van der Waals surface area contributed by atoms with Crippen LogP contribution in [0.2, 0.25) is 5.02 Å². The molecule has 0 aliphatic carbocycles. The van der Waals surface area contributed by atoms with Gasteiger partial charge in [0, 0.05) is 17.3 Å². The van der Waals surface area contributed by atoms with E-state index < -0.39 is 0 Å². The van der Waals surface area contributed by atoms with E-state index in [1.807, 2.05) is 25.1 Å². The molecule has 3 rings (SSSR count). The minimum atomic E-state index is -0.364. The number of aromatic nitrogens is 3. The zero-order valence-electron chi connectivity index (χ0n) is 12.3. The van der Waals surface area contributed by atoms with Gasteiger partial charge in [-0.15, -0.1) is 0 Å². The van der Waals surface area contributed by atoms with Crippen LogP contribution in [-0.4, -0.2) is 21.2 Å². The number of aromatic amines is 1. The zero-order chi connectivity index (χ0) is 16.4. The summed E-state index contributed by atoms with van der Waals surface area (Å²) in [6, 6.07) is 8.44. The van der Waals surface area contributed by atoms with Crippen LogP contribution in [0, 0.1) is 0 Å². The van der Waals surface area contributed by atoms with E-state index in [0.29, 0.717) is 27.6 Å². The Morgan fingerprint density at radius 2 is 2.22 bits per heavy atom. The van der Waals surface area contributed by atoms with Crippen molar-refractivity contribution in [1.29, 1.82) is 0 Å². The number of nitrogen functional groups attached to an aromatic ring is 1.